The standard InChI is InChI=1S/C14H16N6O2S2/c1-3-5-11-16-18-13(24-11)15-10(21)8-23-14-19-17-12(20(14)2)9-6-4-7-22-9/h4,6-7H,3,5,8H2,1-2H3,(H,15,18,21). The average molecular weight is 364 g/mol. The quantitative estimate of drug-likeness (QED) is 0.643. The number of hydrogen-bond acceptors (Lipinski definition) is 8. The molecule has 0 radical (unpaired) electrons. The van der Waals surface area contributed by atoms with Crippen LogP contribution in [-0.4, -0.2) is 36.6 Å². The highest BCUT2D eigenvalue weighted by atomic mass is 32.2. The molecule has 0 aliphatic rings. The first kappa shape index (κ1) is 16.7. The van der Waals surface area contributed by atoms with E-state index in [1.54, 1.807) is 16.9 Å². The monoisotopic (exact) mass is 364 g/mol. The number of nitrogens with one attached hydrogen (secondary N) is 1. The zero-order valence-electron chi connectivity index (χ0n) is 13.2. The first-order chi connectivity index (χ1) is 11.7. The molecule has 0 bridgehead atoms. The maximum Gasteiger partial charge on any atom is 0.236 e. The number of thioether (sulfide) groups is 1. The van der Waals surface area contributed by atoms with Crippen molar-refractivity contribution < 1.29 is 9.21 Å². The van der Waals surface area contributed by atoms with Crippen molar-refractivity contribution >= 4 is 34.1 Å². The summed E-state index contributed by atoms with van der Waals surface area (Å²) in [6, 6.07) is 3.60. The molecule has 0 saturated carbocycles. The zero-order chi connectivity index (χ0) is 16.9. The number of aromatic nitrogens is 5. The summed E-state index contributed by atoms with van der Waals surface area (Å²) in [4.78, 5) is 12.0. The first-order valence-corrected chi connectivity index (χ1v) is 9.16. The lowest BCUT2D eigenvalue weighted by Gasteiger charge is -2.02. The third-order valence-electron chi connectivity index (χ3n) is 3.09. The minimum Gasteiger partial charge on any atom is -0.461 e. The van der Waals surface area contributed by atoms with Crippen molar-refractivity contribution in [1.82, 2.24) is 25.0 Å². The fourth-order valence-corrected chi connectivity index (χ4v) is 3.53. The van der Waals surface area contributed by atoms with E-state index in [0.717, 1.165) is 17.8 Å². The van der Waals surface area contributed by atoms with Crippen molar-refractivity contribution in [3.8, 4) is 11.6 Å². The SMILES string of the molecule is CCCc1nnc(NC(=O)CSc2nnc(-c3ccco3)n2C)s1. The minimum absolute atomic E-state index is 0.151. The maximum absolute atomic E-state index is 12.0. The normalized spacial score (nSPS) is 10.9. The Kier molecular flexibility index (Phi) is 5.26. The second-order valence-corrected chi connectivity index (χ2v) is 6.93. The first-order valence-electron chi connectivity index (χ1n) is 7.35. The molecule has 10 heteroatoms. The van der Waals surface area contributed by atoms with Crippen LogP contribution in [0.25, 0.3) is 11.6 Å². The van der Waals surface area contributed by atoms with Crippen molar-refractivity contribution in [2.75, 3.05) is 11.1 Å². The highest BCUT2D eigenvalue weighted by Crippen LogP contribution is 2.23. The Balaban J connectivity index is 1.56. The predicted octanol–water partition coefficient (Wildman–Crippen LogP) is 2.61. The van der Waals surface area contributed by atoms with Gasteiger partial charge in [-0.1, -0.05) is 30.0 Å². The van der Waals surface area contributed by atoms with Crippen LogP contribution in [0.4, 0.5) is 5.13 Å². The van der Waals surface area contributed by atoms with Gasteiger partial charge in [-0.05, 0) is 18.6 Å². The summed E-state index contributed by atoms with van der Waals surface area (Å²) in [7, 11) is 1.83. The third-order valence-corrected chi connectivity index (χ3v) is 5.00. The second-order valence-electron chi connectivity index (χ2n) is 4.93. The van der Waals surface area contributed by atoms with Gasteiger partial charge in [0.25, 0.3) is 0 Å². The van der Waals surface area contributed by atoms with Crippen LogP contribution in [0, 0.1) is 0 Å². The molecule has 0 spiro atoms. The van der Waals surface area contributed by atoms with E-state index < -0.39 is 0 Å². The number of anilines is 1. The fourth-order valence-electron chi connectivity index (χ4n) is 1.97. The van der Waals surface area contributed by atoms with Crippen LogP contribution in [0.2, 0.25) is 0 Å². The Morgan fingerprint density at radius 1 is 1.38 bits per heavy atom. The lowest BCUT2D eigenvalue weighted by atomic mass is 10.4. The van der Waals surface area contributed by atoms with Gasteiger partial charge in [0.15, 0.2) is 16.7 Å². The van der Waals surface area contributed by atoms with Gasteiger partial charge in [0.2, 0.25) is 11.0 Å². The molecule has 24 heavy (non-hydrogen) atoms. The summed E-state index contributed by atoms with van der Waals surface area (Å²) >= 11 is 2.71. The maximum atomic E-state index is 12.0. The van der Waals surface area contributed by atoms with Crippen molar-refractivity contribution in [3.63, 3.8) is 0 Å². The molecule has 1 N–H and O–H groups in total. The van der Waals surface area contributed by atoms with Gasteiger partial charge >= 0.3 is 0 Å². The Morgan fingerprint density at radius 2 is 2.25 bits per heavy atom. The Bertz CT molecular complexity index is 811. The molecule has 0 unspecified atom stereocenters. The van der Waals surface area contributed by atoms with Crippen LogP contribution < -0.4 is 5.32 Å². The Morgan fingerprint density at radius 3 is 3.00 bits per heavy atom. The lowest BCUT2D eigenvalue weighted by Crippen LogP contribution is -2.14. The number of rotatable bonds is 7. The van der Waals surface area contributed by atoms with Gasteiger partial charge in [0, 0.05) is 13.5 Å². The van der Waals surface area contributed by atoms with Gasteiger partial charge in [-0.3, -0.25) is 10.1 Å². The molecule has 0 aliphatic carbocycles. The highest BCUT2D eigenvalue weighted by molar-refractivity contribution is 7.99. The third kappa shape index (κ3) is 3.82. The molecular weight excluding hydrogens is 348 g/mol. The van der Waals surface area contributed by atoms with Gasteiger partial charge in [-0.15, -0.1) is 20.4 Å². The van der Waals surface area contributed by atoms with Crippen molar-refractivity contribution in [1.29, 1.82) is 0 Å². The van der Waals surface area contributed by atoms with Gasteiger partial charge in [-0.25, -0.2) is 0 Å². The van der Waals surface area contributed by atoms with Crippen LogP contribution >= 0.6 is 23.1 Å². The smallest absolute Gasteiger partial charge is 0.236 e. The van der Waals surface area contributed by atoms with Crippen LogP contribution in [0.15, 0.2) is 28.0 Å². The molecule has 0 aliphatic heterocycles. The molecule has 126 valence electrons. The number of hydrogen-bond donors (Lipinski definition) is 1. The topological polar surface area (TPSA) is 98.7 Å². The van der Waals surface area contributed by atoms with E-state index in [9.17, 15) is 4.79 Å². The molecule has 3 heterocycles. The summed E-state index contributed by atoms with van der Waals surface area (Å²) in [6.45, 7) is 2.08. The van der Waals surface area contributed by atoms with Crippen molar-refractivity contribution in [2.45, 2.75) is 24.9 Å². The molecule has 1 amide bonds. The van der Waals surface area contributed by atoms with E-state index >= 15 is 0 Å². The summed E-state index contributed by atoms with van der Waals surface area (Å²) in [5.41, 5.74) is 0. The Labute approximate surface area is 146 Å². The van der Waals surface area contributed by atoms with Crippen LogP contribution in [0.3, 0.4) is 0 Å². The number of carbonyl (C=O) groups is 1. The molecule has 0 aromatic carbocycles. The second kappa shape index (κ2) is 7.58. The number of furan rings is 1. The molecule has 3 aromatic rings. The van der Waals surface area contributed by atoms with E-state index in [0.29, 0.717) is 21.9 Å². The van der Waals surface area contributed by atoms with E-state index in [-0.39, 0.29) is 11.7 Å². The summed E-state index contributed by atoms with van der Waals surface area (Å²) in [5.74, 6) is 1.32. The van der Waals surface area contributed by atoms with Gasteiger partial charge < -0.3 is 8.98 Å². The molecule has 3 aromatic heterocycles. The molecule has 3 rings (SSSR count). The molecule has 0 saturated heterocycles. The zero-order valence-corrected chi connectivity index (χ0v) is 14.9. The summed E-state index contributed by atoms with van der Waals surface area (Å²) in [5, 5.41) is 21.0. The Hall–Kier alpha value is -2.20. The fraction of sp³-hybridized carbons (Fsp3) is 0.357. The lowest BCUT2D eigenvalue weighted by molar-refractivity contribution is -0.113. The summed E-state index contributed by atoms with van der Waals surface area (Å²) in [6.07, 6.45) is 3.46. The minimum atomic E-state index is -0.151. The average Bonchev–Trinajstić information content (AvgIpc) is 3.28. The van der Waals surface area contributed by atoms with E-state index in [2.05, 4.69) is 32.6 Å². The predicted molar refractivity (Wildman–Crippen MR) is 92.0 cm³/mol. The van der Waals surface area contributed by atoms with E-state index in [1.807, 2.05) is 13.1 Å². The number of aryl methyl sites for hydroxylation is 1. The van der Waals surface area contributed by atoms with Gasteiger partial charge in [0.1, 0.15) is 5.01 Å². The number of amides is 1. The van der Waals surface area contributed by atoms with Gasteiger partial charge in [0.05, 0.1) is 12.0 Å². The van der Waals surface area contributed by atoms with Crippen LogP contribution in [0.1, 0.15) is 18.4 Å². The van der Waals surface area contributed by atoms with Crippen LogP contribution in [-0.2, 0) is 18.3 Å². The molecule has 8 nitrogen and oxygen atoms in total. The molecule has 0 fully saturated rings. The molecular formula is C14H16N6O2S2. The van der Waals surface area contributed by atoms with E-state index in [1.165, 1.54) is 23.1 Å². The number of nitrogens with zero attached hydrogens (tertiary/aromatic N) is 5. The molecule has 0 atom stereocenters. The van der Waals surface area contributed by atoms with E-state index in [4.69, 9.17) is 4.42 Å². The summed E-state index contributed by atoms with van der Waals surface area (Å²) < 4.78 is 7.11. The van der Waals surface area contributed by atoms with Crippen LogP contribution in [0.5, 0.6) is 0 Å². The highest BCUT2D eigenvalue weighted by Gasteiger charge is 2.15. The van der Waals surface area contributed by atoms with Crippen molar-refractivity contribution in [3.05, 3.63) is 23.4 Å². The van der Waals surface area contributed by atoms with Gasteiger partial charge in [-0.2, -0.15) is 0 Å². The number of carbonyl (C=O) groups excluding carboxylic acids is 1. The van der Waals surface area contributed by atoms with Crippen molar-refractivity contribution in [2.24, 2.45) is 7.05 Å². The largest absolute Gasteiger partial charge is 0.461 e.